The van der Waals surface area contributed by atoms with Crippen molar-refractivity contribution in [2.75, 3.05) is 11.5 Å². The molecule has 1 saturated heterocycles. The Morgan fingerprint density at radius 2 is 2.20 bits per heavy atom. The topological polar surface area (TPSA) is 41.1 Å². The molecule has 0 spiro atoms. The van der Waals surface area contributed by atoms with Gasteiger partial charge in [-0.15, -0.1) is 0 Å². The molecular weight excluding hydrogens is 208 g/mol. The number of hydrogen-bond acceptors (Lipinski definition) is 3. The molecule has 88 valence electrons. The molecule has 1 aliphatic rings. The first-order chi connectivity index (χ1) is 7.08. The molecule has 0 aromatic carbocycles. The van der Waals surface area contributed by atoms with E-state index in [1.54, 1.807) is 0 Å². The highest BCUT2D eigenvalue weighted by molar-refractivity contribution is 7.99. The lowest BCUT2D eigenvalue weighted by atomic mass is 10.1. The van der Waals surface area contributed by atoms with Crippen LogP contribution in [0.3, 0.4) is 0 Å². The summed E-state index contributed by atoms with van der Waals surface area (Å²) in [6.07, 6.45) is 1.82. The molecule has 1 amide bonds. The van der Waals surface area contributed by atoms with Crippen LogP contribution in [-0.4, -0.2) is 35.5 Å². The zero-order valence-corrected chi connectivity index (χ0v) is 10.7. The third kappa shape index (κ3) is 5.42. The summed E-state index contributed by atoms with van der Waals surface area (Å²) in [5, 5.41) is 6.42. The molecule has 0 aromatic heterocycles. The van der Waals surface area contributed by atoms with Crippen LogP contribution in [0.5, 0.6) is 0 Å². The standard InChI is InChI=1S/C11H22N2OS/c1-8(2)12-11(14)6-9(3)13-10-4-5-15-7-10/h8-10,13H,4-7H2,1-3H3,(H,12,14). The SMILES string of the molecule is CC(C)NC(=O)CC(C)NC1CCSC1. The normalized spacial score (nSPS) is 23.1. The molecule has 0 saturated carbocycles. The maximum Gasteiger partial charge on any atom is 0.221 e. The minimum atomic E-state index is 0.149. The average molecular weight is 230 g/mol. The molecular formula is C11H22N2OS. The predicted molar refractivity (Wildman–Crippen MR) is 66.2 cm³/mol. The van der Waals surface area contributed by atoms with Gasteiger partial charge in [0.2, 0.25) is 5.91 Å². The van der Waals surface area contributed by atoms with Gasteiger partial charge in [0.05, 0.1) is 0 Å². The molecule has 4 heteroatoms. The quantitative estimate of drug-likeness (QED) is 0.750. The molecule has 1 rings (SSSR count). The van der Waals surface area contributed by atoms with Crippen molar-refractivity contribution in [2.24, 2.45) is 0 Å². The highest BCUT2D eigenvalue weighted by Gasteiger charge is 2.18. The zero-order valence-electron chi connectivity index (χ0n) is 9.88. The van der Waals surface area contributed by atoms with E-state index in [0.29, 0.717) is 12.5 Å². The lowest BCUT2D eigenvalue weighted by molar-refractivity contribution is -0.122. The van der Waals surface area contributed by atoms with E-state index in [1.165, 1.54) is 17.9 Å². The van der Waals surface area contributed by atoms with Crippen molar-refractivity contribution in [3.63, 3.8) is 0 Å². The summed E-state index contributed by atoms with van der Waals surface area (Å²) in [5.41, 5.74) is 0. The van der Waals surface area contributed by atoms with Crippen molar-refractivity contribution in [3.05, 3.63) is 0 Å². The fraction of sp³-hybridized carbons (Fsp3) is 0.909. The maximum absolute atomic E-state index is 11.5. The van der Waals surface area contributed by atoms with Crippen LogP contribution in [0.4, 0.5) is 0 Å². The monoisotopic (exact) mass is 230 g/mol. The van der Waals surface area contributed by atoms with Crippen molar-refractivity contribution < 1.29 is 4.79 Å². The molecule has 2 unspecified atom stereocenters. The Morgan fingerprint density at radius 1 is 1.47 bits per heavy atom. The number of nitrogens with one attached hydrogen (secondary N) is 2. The second-order valence-electron chi connectivity index (χ2n) is 4.55. The number of thioether (sulfide) groups is 1. The van der Waals surface area contributed by atoms with Gasteiger partial charge in [0.25, 0.3) is 0 Å². The van der Waals surface area contributed by atoms with Crippen LogP contribution >= 0.6 is 11.8 Å². The van der Waals surface area contributed by atoms with Gasteiger partial charge in [-0.2, -0.15) is 11.8 Å². The summed E-state index contributed by atoms with van der Waals surface area (Å²) in [4.78, 5) is 11.5. The van der Waals surface area contributed by atoms with Gasteiger partial charge in [-0.05, 0) is 32.9 Å². The number of rotatable bonds is 5. The van der Waals surface area contributed by atoms with Crippen LogP contribution in [0.25, 0.3) is 0 Å². The Kier molecular flexibility index (Phi) is 5.47. The van der Waals surface area contributed by atoms with E-state index in [-0.39, 0.29) is 18.0 Å². The first-order valence-corrected chi connectivity index (χ1v) is 6.86. The van der Waals surface area contributed by atoms with E-state index in [0.717, 1.165) is 0 Å². The van der Waals surface area contributed by atoms with Gasteiger partial charge >= 0.3 is 0 Å². The summed E-state index contributed by atoms with van der Waals surface area (Å²) >= 11 is 1.99. The number of amides is 1. The van der Waals surface area contributed by atoms with E-state index in [1.807, 2.05) is 25.6 Å². The largest absolute Gasteiger partial charge is 0.354 e. The lowest BCUT2D eigenvalue weighted by Gasteiger charge is -2.19. The van der Waals surface area contributed by atoms with Gasteiger partial charge < -0.3 is 10.6 Å². The lowest BCUT2D eigenvalue weighted by Crippen LogP contribution is -2.41. The summed E-state index contributed by atoms with van der Waals surface area (Å²) < 4.78 is 0. The molecule has 0 aliphatic carbocycles. The molecule has 2 atom stereocenters. The highest BCUT2D eigenvalue weighted by atomic mass is 32.2. The summed E-state index contributed by atoms with van der Waals surface area (Å²) in [6.45, 7) is 6.07. The molecule has 0 radical (unpaired) electrons. The molecule has 0 aromatic rings. The Balaban J connectivity index is 2.16. The fourth-order valence-corrected chi connectivity index (χ4v) is 2.95. The molecule has 1 aliphatic heterocycles. The number of carbonyl (C=O) groups excluding carboxylic acids is 1. The molecule has 3 nitrogen and oxygen atoms in total. The van der Waals surface area contributed by atoms with Crippen LogP contribution in [0.2, 0.25) is 0 Å². The Morgan fingerprint density at radius 3 is 2.73 bits per heavy atom. The van der Waals surface area contributed by atoms with Crippen LogP contribution in [0.1, 0.15) is 33.6 Å². The van der Waals surface area contributed by atoms with Gasteiger partial charge in [0, 0.05) is 30.3 Å². The van der Waals surface area contributed by atoms with E-state index >= 15 is 0 Å². The van der Waals surface area contributed by atoms with Crippen molar-refractivity contribution >= 4 is 17.7 Å². The number of carbonyl (C=O) groups is 1. The molecule has 0 bridgehead atoms. The van der Waals surface area contributed by atoms with Crippen molar-refractivity contribution in [1.82, 2.24) is 10.6 Å². The van der Waals surface area contributed by atoms with Crippen molar-refractivity contribution in [1.29, 1.82) is 0 Å². The van der Waals surface area contributed by atoms with Gasteiger partial charge in [-0.3, -0.25) is 4.79 Å². The minimum absolute atomic E-state index is 0.149. The minimum Gasteiger partial charge on any atom is -0.354 e. The summed E-state index contributed by atoms with van der Waals surface area (Å²) in [7, 11) is 0. The second-order valence-corrected chi connectivity index (χ2v) is 5.70. The average Bonchev–Trinajstić information content (AvgIpc) is 2.53. The highest BCUT2D eigenvalue weighted by Crippen LogP contribution is 2.17. The van der Waals surface area contributed by atoms with E-state index < -0.39 is 0 Å². The Bertz CT molecular complexity index is 203. The van der Waals surface area contributed by atoms with Crippen molar-refractivity contribution in [3.8, 4) is 0 Å². The third-order valence-corrected chi connectivity index (χ3v) is 3.55. The first-order valence-electron chi connectivity index (χ1n) is 5.71. The Hall–Kier alpha value is -0.220. The number of hydrogen-bond donors (Lipinski definition) is 2. The van der Waals surface area contributed by atoms with Gasteiger partial charge in [-0.1, -0.05) is 0 Å². The van der Waals surface area contributed by atoms with E-state index in [9.17, 15) is 4.79 Å². The molecule has 1 heterocycles. The van der Waals surface area contributed by atoms with Gasteiger partial charge in [-0.25, -0.2) is 0 Å². The van der Waals surface area contributed by atoms with E-state index in [2.05, 4.69) is 17.6 Å². The smallest absolute Gasteiger partial charge is 0.221 e. The Labute approximate surface area is 96.8 Å². The van der Waals surface area contributed by atoms with Crippen molar-refractivity contribution in [2.45, 2.75) is 51.7 Å². The summed E-state index contributed by atoms with van der Waals surface area (Å²) in [6, 6.07) is 1.14. The van der Waals surface area contributed by atoms with Crippen LogP contribution in [-0.2, 0) is 4.79 Å². The van der Waals surface area contributed by atoms with Gasteiger partial charge in [0.15, 0.2) is 0 Å². The summed E-state index contributed by atoms with van der Waals surface area (Å²) in [5.74, 6) is 2.59. The molecule has 15 heavy (non-hydrogen) atoms. The van der Waals surface area contributed by atoms with Crippen LogP contribution in [0, 0.1) is 0 Å². The predicted octanol–water partition coefficient (Wildman–Crippen LogP) is 1.38. The first kappa shape index (κ1) is 12.8. The van der Waals surface area contributed by atoms with Crippen LogP contribution in [0.15, 0.2) is 0 Å². The van der Waals surface area contributed by atoms with Crippen LogP contribution < -0.4 is 10.6 Å². The third-order valence-electron chi connectivity index (χ3n) is 2.39. The van der Waals surface area contributed by atoms with Gasteiger partial charge in [0.1, 0.15) is 0 Å². The maximum atomic E-state index is 11.5. The zero-order chi connectivity index (χ0) is 11.3. The van der Waals surface area contributed by atoms with E-state index in [4.69, 9.17) is 0 Å². The molecule has 1 fully saturated rings. The second kappa shape index (κ2) is 6.38. The molecule has 2 N–H and O–H groups in total. The fourth-order valence-electron chi connectivity index (χ4n) is 1.79.